The second kappa shape index (κ2) is 5.29. The highest BCUT2D eigenvalue weighted by atomic mass is 19.3. The van der Waals surface area contributed by atoms with E-state index in [-0.39, 0.29) is 6.54 Å². The number of methoxy groups -OCH3 is 1. The highest BCUT2D eigenvalue weighted by Gasteiger charge is 2.14. The van der Waals surface area contributed by atoms with Gasteiger partial charge < -0.3 is 10.1 Å². The zero-order valence-electron chi connectivity index (χ0n) is 8.17. The van der Waals surface area contributed by atoms with Gasteiger partial charge in [0.2, 0.25) is 0 Å². The standard InChI is InChI=1S/C10H11F2NO2/c1-15-8-5-3-2-4-7(8)6-13-10(14)9(11)12/h2-5,9H,6H2,1H3,(H,13,14). The average molecular weight is 215 g/mol. The maximum absolute atomic E-state index is 11.9. The Kier molecular flexibility index (Phi) is 4.03. The number of hydrogen-bond donors (Lipinski definition) is 1. The third kappa shape index (κ3) is 3.19. The number of hydrogen-bond acceptors (Lipinski definition) is 2. The van der Waals surface area contributed by atoms with Crippen molar-refractivity contribution in [3.05, 3.63) is 29.8 Å². The third-order valence-electron chi connectivity index (χ3n) is 1.84. The summed E-state index contributed by atoms with van der Waals surface area (Å²) in [6, 6.07) is 6.90. The fourth-order valence-electron chi connectivity index (χ4n) is 1.11. The van der Waals surface area contributed by atoms with Gasteiger partial charge in [0.15, 0.2) is 0 Å². The molecule has 1 N–H and O–H groups in total. The van der Waals surface area contributed by atoms with Crippen LogP contribution in [0.5, 0.6) is 5.75 Å². The van der Waals surface area contributed by atoms with Crippen LogP contribution < -0.4 is 10.1 Å². The molecule has 82 valence electrons. The molecule has 0 atom stereocenters. The number of amides is 1. The van der Waals surface area contributed by atoms with Crippen LogP contribution in [-0.4, -0.2) is 19.4 Å². The molecule has 3 nitrogen and oxygen atoms in total. The summed E-state index contributed by atoms with van der Waals surface area (Å²) >= 11 is 0. The van der Waals surface area contributed by atoms with E-state index in [2.05, 4.69) is 5.32 Å². The van der Waals surface area contributed by atoms with Gasteiger partial charge in [-0.25, -0.2) is 0 Å². The van der Waals surface area contributed by atoms with Crippen molar-refractivity contribution in [1.82, 2.24) is 5.32 Å². The Morgan fingerprint density at radius 2 is 2.13 bits per heavy atom. The topological polar surface area (TPSA) is 38.3 Å². The van der Waals surface area contributed by atoms with Crippen molar-refractivity contribution in [2.24, 2.45) is 0 Å². The number of para-hydroxylation sites is 1. The van der Waals surface area contributed by atoms with Gasteiger partial charge in [0.25, 0.3) is 5.91 Å². The molecule has 0 spiro atoms. The summed E-state index contributed by atoms with van der Waals surface area (Å²) in [5.74, 6) is -0.715. The molecule has 5 heteroatoms. The van der Waals surface area contributed by atoms with Crippen LogP contribution in [0.3, 0.4) is 0 Å². The van der Waals surface area contributed by atoms with E-state index in [1.165, 1.54) is 7.11 Å². The van der Waals surface area contributed by atoms with E-state index in [0.717, 1.165) is 0 Å². The van der Waals surface area contributed by atoms with Crippen molar-refractivity contribution < 1.29 is 18.3 Å². The Morgan fingerprint density at radius 3 is 2.73 bits per heavy atom. The molecule has 1 aromatic rings. The summed E-state index contributed by atoms with van der Waals surface area (Å²) in [6.45, 7) is 0.0349. The number of benzene rings is 1. The van der Waals surface area contributed by atoms with E-state index < -0.39 is 12.3 Å². The number of halogens is 2. The summed E-state index contributed by atoms with van der Waals surface area (Å²) in [7, 11) is 1.48. The summed E-state index contributed by atoms with van der Waals surface area (Å²) in [5, 5.41) is 2.10. The van der Waals surface area contributed by atoms with Crippen LogP contribution in [0.2, 0.25) is 0 Å². The molecule has 0 aliphatic carbocycles. The Morgan fingerprint density at radius 1 is 1.47 bits per heavy atom. The first-order valence-corrected chi connectivity index (χ1v) is 4.33. The number of ether oxygens (including phenoxy) is 1. The second-order valence-corrected chi connectivity index (χ2v) is 2.83. The van der Waals surface area contributed by atoms with E-state index in [1.807, 2.05) is 0 Å². The fraction of sp³-hybridized carbons (Fsp3) is 0.300. The van der Waals surface area contributed by atoms with Crippen LogP contribution in [-0.2, 0) is 11.3 Å². The molecule has 0 fully saturated rings. The van der Waals surface area contributed by atoms with Crippen molar-refractivity contribution in [3.63, 3.8) is 0 Å². The van der Waals surface area contributed by atoms with E-state index in [0.29, 0.717) is 11.3 Å². The Bertz CT molecular complexity index is 342. The highest BCUT2D eigenvalue weighted by Crippen LogP contribution is 2.16. The van der Waals surface area contributed by atoms with E-state index in [1.54, 1.807) is 24.3 Å². The highest BCUT2D eigenvalue weighted by molar-refractivity contribution is 5.79. The van der Waals surface area contributed by atoms with Crippen LogP contribution >= 0.6 is 0 Å². The van der Waals surface area contributed by atoms with Gasteiger partial charge in [-0.05, 0) is 6.07 Å². The maximum Gasteiger partial charge on any atom is 0.315 e. The molecule has 0 radical (unpaired) electrons. The Hall–Kier alpha value is -1.65. The van der Waals surface area contributed by atoms with E-state index in [9.17, 15) is 13.6 Å². The van der Waals surface area contributed by atoms with Gasteiger partial charge in [-0.15, -0.1) is 0 Å². The van der Waals surface area contributed by atoms with E-state index in [4.69, 9.17) is 4.74 Å². The lowest BCUT2D eigenvalue weighted by Gasteiger charge is -2.08. The first kappa shape index (κ1) is 11.4. The molecule has 0 aliphatic rings. The summed E-state index contributed by atoms with van der Waals surface area (Å²) in [5.41, 5.74) is 0.661. The number of carbonyl (C=O) groups is 1. The van der Waals surface area contributed by atoms with Gasteiger partial charge in [0.05, 0.1) is 7.11 Å². The lowest BCUT2D eigenvalue weighted by molar-refractivity contribution is -0.131. The van der Waals surface area contributed by atoms with Crippen molar-refractivity contribution in [2.45, 2.75) is 13.0 Å². The van der Waals surface area contributed by atoms with Crippen LogP contribution in [0.1, 0.15) is 5.56 Å². The Labute approximate surface area is 86.0 Å². The lowest BCUT2D eigenvalue weighted by Crippen LogP contribution is -2.29. The Balaban J connectivity index is 2.61. The predicted molar refractivity (Wildman–Crippen MR) is 50.8 cm³/mol. The summed E-state index contributed by atoms with van der Waals surface area (Å²) < 4.78 is 28.7. The quantitative estimate of drug-likeness (QED) is 0.828. The molecule has 0 aromatic heterocycles. The number of nitrogens with one attached hydrogen (secondary N) is 1. The third-order valence-corrected chi connectivity index (χ3v) is 1.84. The maximum atomic E-state index is 11.9. The number of carbonyl (C=O) groups excluding carboxylic acids is 1. The van der Waals surface area contributed by atoms with Gasteiger partial charge in [-0.3, -0.25) is 4.79 Å². The van der Waals surface area contributed by atoms with Crippen molar-refractivity contribution >= 4 is 5.91 Å². The van der Waals surface area contributed by atoms with Gasteiger partial charge in [0.1, 0.15) is 5.75 Å². The molecule has 0 heterocycles. The van der Waals surface area contributed by atoms with Gasteiger partial charge in [0, 0.05) is 12.1 Å². The summed E-state index contributed by atoms with van der Waals surface area (Å²) in [6.07, 6.45) is -2.99. The molecular formula is C10H11F2NO2. The molecule has 15 heavy (non-hydrogen) atoms. The van der Waals surface area contributed by atoms with E-state index >= 15 is 0 Å². The van der Waals surface area contributed by atoms with Crippen molar-refractivity contribution in [2.75, 3.05) is 7.11 Å². The molecular weight excluding hydrogens is 204 g/mol. The molecule has 0 unspecified atom stereocenters. The molecule has 1 amide bonds. The minimum atomic E-state index is -2.99. The normalized spacial score (nSPS) is 10.1. The molecule has 1 rings (SSSR count). The lowest BCUT2D eigenvalue weighted by atomic mass is 10.2. The monoisotopic (exact) mass is 215 g/mol. The van der Waals surface area contributed by atoms with Gasteiger partial charge in [-0.1, -0.05) is 18.2 Å². The van der Waals surface area contributed by atoms with Crippen molar-refractivity contribution in [1.29, 1.82) is 0 Å². The van der Waals surface area contributed by atoms with Crippen LogP contribution in [0.4, 0.5) is 8.78 Å². The predicted octanol–water partition coefficient (Wildman–Crippen LogP) is 1.58. The zero-order chi connectivity index (χ0) is 11.3. The fourth-order valence-corrected chi connectivity index (χ4v) is 1.11. The van der Waals surface area contributed by atoms with Crippen LogP contribution in [0.15, 0.2) is 24.3 Å². The largest absolute Gasteiger partial charge is 0.496 e. The molecule has 0 bridgehead atoms. The first-order valence-electron chi connectivity index (χ1n) is 4.33. The number of rotatable bonds is 4. The van der Waals surface area contributed by atoms with Crippen LogP contribution in [0.25, 0.3) is 0 Å². The smallest absolute Gasteiger partial charge is 0.315 e. The molecule has 0 saturated carbocycles. The SMILES string of the molecule is COc1ccccc1CNC(=O)C(F)F. The molecule has 1 aromatic carbocycles. The first-order chi connectivity index (χ1) is 7.15. The molecule has 0 saturated heterocycles. The molecule has 0 aliphatic heterocycles. The van der Waals surface area contributed by atoms with Crippen molar-refractivity contribution in [3.8, 4) is 5.75 Å². The van der Waals surface area contributed by atoms with Gasteiger partial charge in [-0.2, -0.15) is 8.78 Å². The van der Waals surface area contributed by atoms with Crippen LogP contribution in [0, 0.1) is 0 Å². The second-order valence-electron chi connectivity index (χ2n) is 2.83. The van der Waals surface area contributed by atoms with Gasteiger partial charge >= 0.3 is 6.43 Å². The zero-order valence-corrected chi connectivity index (χ0v) is 8.17. The summed E-state index contributed by atoms with van der Waals surface area (Å²) in [4.78, 5) is 10.6. The number of alkyl halides is 2. The minimum Gasteiger partial charge on any atom is -0.496 e. The average Bonchev–Trinajstić information content (AvgIpc) is 2.26. The minimum absolute atomic E-state index is 0.0349.